The van der Waals surface area contributed by atoms with Crippen LogP contribution in [-0.2, 0) is 0 Å². The van der Waals surface area contributed by atoms with Gasteiger partial charge in [-0.3, -0.25) is 0 Å². The average Bonchev–Trinajstić information content (AvgIpc) is 1.41. The molecule has 0 saturated heterocycles. The molecular formula is C4H11AlCl. The molecule has 0 aliphatic heterocycles. The molecule has 0 heterocycles. The first kappa shape index (κ1) is 9.95. The molecule has 0 aliphatic rings. The molecule has 6 heavy (non-hydrogen) atoms. The van der Waals surface area contributed by atoms with E-state index in [1.165, 1.54) is 10.6 Å². The van der Waals surface area contributed by atoms with Crippen molar-refractivity contribution >= 4 is 27.6 Å². The van der Waals surface area contributed by atoms with Crippen molar-refractivity contribution in [2.24, 2.45) is 0 Å². The van der Waals surface area contributed by atoms with Gasteiger partial charge in [0.1, 0.15) is 0 Å². The molecule has 0 saturated carbocycles. The minimum Gasteiger partial charge on any atom is -0.147 e. The van der Waals surface area contributed by atoms with E-state index in [9.17, 15) is 0 Å². The molecule has 0 rings (SSSR count). The SMILES string of the molecule is C[CH2][Al][CH2]C.Cl. The van der Waals surface area contributed by atoms with E-state index in [0.717, 1.165) is 15.2 Å². The molecule has 0 atom stereocenters. The van der Waals surface area contributed by atoms with Crippen molar-refractivity contribution in [3.05, 3.63) is 0 Å². The van der Waals surface area contributed by atoms with Gasteiger partial charge >= 0.3 is 0 Å². The fourth-order valence-corrected chi connectivity index (χ4v) is 0.866. The van der Waals surface area contributed by atoms with Gasteiger partial charge in [0.2, 0.25) is 0 Å². The summed E-state index contributed by atoms with van der Waals surface area (Å²) in [7, 11) is 0. The van der Waals surface area contributed by atoms with Gasteiger partial charge in [0.15, 0.2) is 15.2 Å². The molecule has 37 valence electrons. The second kappa shape index (κ2) is 9.27. The highest BCUT2D eigenvalue weighted by Crippen LogP contribution is 1.77. The summed E-state index contributed by atoms with van der Waals surface area (Å²) < 4.78 is 0. The highest BCUT2D eigenvalue weighted by Gasteiger charge is 1.74. The van der Waals surface area contributed by atoms with E-state index >= 15 is 0 Å². The summed E-state index contributed by atoms with van der Waals surface area (Å²) in [6, 6.07) is 0. The van der Waals surface area contributed by atoms with Gasteiger partial charge in [0, 0.05) is 0 Å². The normalized spacial score (nSPS) is 6.33. The van der Waals surface area contributed by atoms with Crippen LogP contribution < -0.4 is 0 Å². The minimum absolute atomic E-state index is 0. The summed E-state index contributed by atoms with van der Waals surface area (Å²) >= 11 is 0.815. The molecule has 0 unspecified atom stereocenters. The van der Waals surface area contributed by atoms with E-state index in [1.54, 1.807) is 0 Å². The Morgan fingerprint density at radius 3 is 1.50 bits per heavy atom. The second-order valence-electron chi connectivity index (χ2n) is 1.11. The van der Waals surface area contributed by atoms with Crippen molar-refractivity contribution in [3.63, 3.8) is 0 Å². The lowest BCUT2D eigenvalue weighted by Gasteiger charge is -1.74. The molecular weight excluding hydrogens is 110 g/mol. The van der Waals surface area contributed by atoms with Gasteiger partial charge in [-0.2, -0.15) is 0 Å². The maximum Gasteiger partial charge on any atom is 0.198 e. The molecule has 0 bridgehead atoms. The van der Waals surface area contributed by atoms with E-state index in [2.05, 4.69) is 13.8 Å². The Morgan fingerprint density at radius 2 is 1.50 bits per heavy atom. The third-order valence-electron chi connectivity index (χ3n) is 0.577. The zero-order valence-corrected chi connectivity index (χ0v) is 6.37. The van der Waals surface area contributed by atoms with Crippen LogP contribution in [-0.4, -0.2) is 15.2 Å². The van der Waals surface area contributed by atoms with Crippen molar-refractivity contribution in [1.29, 1.82) is 0 Å². The van der Waals surface area contributed by atoms with Crippen molar-refractivity contribution in [2.45, 2.75) is 24.4 Å². The van der Waals surface area contributed by atoms with Gasteiger partial charge < -0.3 is 0 Å². The minimum atomic E-state index is 0. The lowest BCUT2D eigenvalue weighted by atomic mass is 10.9. The van der Waals surface area contributed by atoms with Crippen LogP contribution in [0.15, 0.2) is 0 Å². The largest absolute Gasteiger partial charge is 0.198 e. The molecule has 1 radical (unpaired) electrons. The number of hydrogen-bond donors (Lipinski definition) is 0. The van der Waals surface area contributed by atoms with Crippen LogP contribution in [0.3, 0.4) is 0 Å². The summed E-state index contributed by atoms with van der Waals surface area (Å²) in [6.45, 7) is 4.50. The van der Waals surface area contributed by atoms with Gasteiger partial charge in [-0.05, 0) is 0 Å². The van der Waals surface area contributed by atoms with E-state index < -0.39 is 0 Å². The Hall–Kier alpha value is 0.822. The third-order valence-corrected chi connectivity index (χ3v) is 1.73. The van der Waals surface area contributed by atoms with Crippen LogP contribution >= 0.6 is 12.4 Å². The molecule has 0 aromatic heterocycles. The highest BCUT2D eigenvalue weighted by molar-refractivity contribution is 6.34. The Bertz CT molecular complexity index is 15.0. The Balaban J connectivity index is 0. The first-order valence-electron chi connectivity index (χ1n) is 2.23. The molecule has 0 fully saturated rings. The fraction of sp³-hybridized carbons (Fsp3) is 1.00. The summed E-state index contributed by atoms with van der Waals surface area (Å²) in [5.41, 5.74) is 0. The third kappa shape index (κ3) is 8.85. The topological polar surface area (TPSA) is 0 Å². The van der Waals surface area contributed by atoms with Gasteiger partial charge in [0.05, 0.1) is 0 Å². The van der Waals surface area contributed by atoms with E-state index in [0.29, 0.717) is 0 Å². The summed E-state index contributed by atoms with van der Waals surface area (Å²) in [5.74, 6) is 0. The van der Waals surface area contributed by atoms with Crippen LogP contribution in [0.4, 0.5) is 0 Å². The standard InChI is InChI=1S/2C2H5.Al.ClH/c2*1-2;;/h2*1H2,2H3;;1H. The molecule has 0 aromatic carbocycles. The Morgan fingerprint density at radius 1 is 1.17 bits per heavy atom. The molecule has 0 aliphatic carbocycles. The molecule has 0 aromatic rings. The van der Waals surface area contributed by atoms with Gasteiger partial charge in [0.25, 0.3) is 0 Å². The number of hydrogen-bond acceptors (Lipinski definition) is 0. The predicted octanol–water partition coefficient (Wildman–Crippen LogP) is 1.99. The van der Waals surface area contributed by atoms with E-state index in [4.69, 9.17) is 0 Å². The number of halogens is 1. The molecule has 2 heteroatoms. The predicted molar refractivity (Wildman–Crippen MR) is 34.0 cm³/mol. The van der Waals surface area contributed by atoms with Crippen LogP contribution in [0.2, 0.25) is 10.6 Å². The Labute approximate surface area is 52.4 Å². The van der Waals surface area contributed by atoms with Gasteiger partial charge in [-0.1, -0.05) is 13.8 Å². The first-order valence-corrected chi connectivity index (χ1v) is 3.86. The highest BCUT2D eigenvalue weighted by atomic mass is 35.5. The average molecular weight is 122 g/mol. The monoisotopic (exact) mass is 121 g/mol. The number of rotatable bonds is 2. The molecule has 0 amide bonds. The van der Waals surface area contributed by atoms with Crippen LogP contribution in [0.5, 0.6) is 0 Å². The van der Waals surface area contributed by atoms with E-state index in [-0.39, 0.29) is 12.4 Å². The second-order valence-corrected chi connectivity index (χ2v) is 3.32. The zero-order chi connectivity index (χ0) is 4.12. The fourth-order valence-electron chi connectivity index (χ4n) is 0.289. The van der Waals surface area contributed by atoms with Crippen LogP contribution in [0.1, 0.15) is 13.8 Å². The van der Waals surface area contributed by atoms with Gasteiger partial charge in [-0.15, -0.1) is 23.0 Å². The maximum atomic E-state index is 2.25. The summed E-state index contributed by atoms with van der Waals surface area (Å²) in [4.78, 5) is 0. The summed E-state index contributed by atoms with van der Waals surface area (Å²) in [5, 5.41) is 2.85. The van der Waals surface area contributed by atoms with Crippen molar-refractivity contribution in [3.8, 4) is 0 Å². The summed E-state index contributed by atoms with van der Waals surface area (Å²) in [6.07, 6.45) is 0. The van der Waals surface area contributed by atoms with Crippen LogP contribution in [0.25, 0.3) is 0 Å². The molecule has 0 nitrogen and oxygen atoms in total. The molecule has 0 N–H and O–H groups in total. The molecule has 0 spiro atoms. The van der Waals surface area contributed by atoms with Crippen LogP contribution in [0, 0.1) is 0 Å². The Kier molecular flexibility index (Phi) is 15.4. The smallest absolute Gasteiger partial charge is 0.147 e. The quantitative estimate of drug-likeness (QED) is 0.490. The van der Waals surface area contributed by atoms with Gasteiger partial charge in [-0.25, -0.2) is 0 Å². The van der Waals surface area contributed by atoms with Crippen molar-refractivity contribution in [1.82, 2.24) is 0 Å². The maximum absolute atomic E-state index is 2.25. The van der Waals surface area contributed by atoms with E-state index in [1.807, 2.05) is 0 Å². The van der Waals surface area contributed by atoms with Crippen molar-refractivity contribution < 1.29 is 0 Å². The lowest BCUT2D eigenvalue weighted by molar-refractivity contribution is 1.36. The zero-order valence-electron chi connectivity index (χ0n) is 4.40. The first-order chi connectivity index (χ1) is 2.41. The van der Waals surface area contributed by atoms with Crippen molar-refractivity contribution in [2.75, 3.05) is 0 Å². The lowest BCUT2D eigenvalue weighted by Crippen LogP contribution is -1.76.